The summed E-state index contributed by atoms with van der Waals surface area (Å²) < 4.78 is 30.6. The van der Waals surface area contributed by atoms with Crippen LogP contribution in [0.1, 0.15) is 21.3 Å². The molecule has 0 aliphatic heterocycles. The molecule has 3 N–H and O–H groups in total. The lowest BCUT2D eigenvalue weighted by molar-refractivity contribution is 0.0962. The number of carbonyl (C=O) groups excluding carboxylic acids is 1. The smallest absolute Gasteiger partial charge is 0.304 e. The van der Waals surface area contributed by atoms with Gasteiger partial charge < -0.3 is 5.73 Å². The molecule has 0 fully saturated rings. The number of rotatable bonds is 4. The molecule has 0 bridgehead atoms. The molecular formula is C12H11NO4S2. The van der Waals surface area contributed by atoms with E-state index < -0.39 is 16.2 Å². The predicted molar refractivity (Wildman–Crippen MR) is 71.8 cm³/mol. The highest BCUT2D eigenvalue weighted by Gasteiger charge is 2.21. The fourth-order valence-corrected chi connectivity index (χ4v) is 3.24. The lowest BCUT2D eigenvalue weighted by Gasteiger charge is -2.08. The molecule has 19 heavy (non-hydrogen) atoms. The highest BCUT2D eigenvalue weighted by Crippen LogP contribution is 2.27. The Morgan fingerprint density at radius 3 is 2.32 bits per heavy atom. The first kappa shape index (κ1) is 13.9. The van der Waals surface area contributed by atoms with Crippen molar-refractivity contribution < 1.29 is 17.8 Å². The van der Waals surface area contributed by atoms with Crippen LogP contribution in [0, 0.1) is 0 Å². The van der Waals surface area contributed by atoms with Gasteiger partial charge in [0.15, 0.2) is 5.78 Å². The molecule has 1 atom stereocenters. The van der Waals surface area contributed by atoms with Gasteiger partial charge in [0, 0.05) is 10.4 Å². The molecule has 1 aromatic carbocycles. The third-order valence-electron chi connectivity index (χ3n) is 2.50. The predicted octanol–water partition coefficient (Wildman–Crippen LogP) is 1.88. The molecule has 0 aliphatic rings. The Hall–Kier alpha value is -1.54. The summed E-state index contributed by atoms with van der Waals surface area (Å²) in [5, 5.41) is 0. The minimum absolute atomic E-state index is 0.223. The summed E-state index contributed by atoms with van der Waals surface area (Å²) >= 11 is 0.787. The van der Waals surface area contributed by atoms with Crippen LogP contribution in [-0.2, 0) is 10.1 Å². The van der Waals surface area contributed by atoms with E-state index in [0.29, 0.717) is 10.4 Å². The van der Waals surface area contributed by atoms with Crippen molar-refractivity contribution in [1.29, 1.82) is 0 Å². The van der Waals surface area contributed by atoms with Gasteiger partial charge in [-0.1, -0.05) is 30.3 Å². The molecule has 0 spiro atoms. The monoisotopic (exact) mass is 297 g/mol. The third-order valence-corrected chi connectivity index (χ3v) is 4.99. The number of nitrogens with two attached hydrogens (primary N) is 1. The Kier molecular flexibility index (Phi) is 3.81. The molecule has 100 valence electrons. The lowest BCUT2D eigenvalue weighted by atomic mass is 10.0. The summed E-state index contributed by atoms with van der Waals surface area (Å²) in [6, 6.07) is 10.2. The van der Waals surface area contributed by atoms with Gasteiger partial charge in [-0.3, -0.25) is 9.35 Å². The van der Waals surface area contributed by atoms with Gasteiger partial charge in [-0.15, -0.1) is 11.3 Å². The number of hydrogen-bond acceptors (Lipinski definition) is 5. The van der Waals surface area contributed by atoms with E-state index in [2.05, 4.69) is 0 Å². The number of benzene rings is 1. The summed E-state index contributed by atoms with van der Waals surface area (Å²) in [6.45, 7) is 0. The summed E-state index contributed by atoms with van der Waals surface area (Å²) in [5.41, 5.74) is 6.27. The zero-order chi connectivity index (χ0) is 14.0. The van der Waals surface area contributed by atoms with Gasteiger partial charge in [0.05, 0.1) is 0 Å². The maximum absolute atomic E-state index is 12.1. The van der Waals surface area contributed by atoms with Crippen molar-refractivity contribution in [2.45, 2.75) is 10.3 Å². The van der Waals surface area contributed by atoms with Crippen LogP contribution in [0.5, 0.6) is 0 Å². The first-order valence-electron chi connectivity index (χ1n) is 5.31. The van der Waals surface area contributed by atoms with E-state index in [1.807, 2.05) is 0 Å². The molecule has 0 saturated carbocycles. The molecule has 1 heterocycles. The normalized spacial score (nSPS) is 13.2. The molecule has 7 heteroatoms. The zero-order valence-corrected chi connectivity index (χ0v) is 11.3. The highest BCUT2D eigenvalue weighted by molar-refractivity contribution is 7.88. The number of hydrogen-bond donors (Lipinski definition) is 2. The van der Waals surface area contributed by atoms with Gasteiger partial charge >= 0.3 is 10.1 Å². The van der Waals surface area contributed by atoms with Crippen LogP contribution in [0.25, 0.3) is 0 Å². The van der Waals surface area contributed by atoms with E-state index in [-0.39, 0.29) is 9.99 Å². The van der Waals surface area contributed by atoms with E-state index >= 15 is 0 Å². The van der Waals surface area contributed by atoms with Crippen LogP contribution in [0.15, 0.2) is 46.7 Å². The van der Waals surface area contributed by atoms with Gasteiger partial charge in [0.2, 0.25) is 0 Å². The molecule has 2 aromatic rings. The first-order valence-corrected chi connectivity index (χ1v) is 7.57. The Bertz CT molecular complexity index is 692. The largest absolute Gasteiger partial charge is 0.317 e. The summed E-state index contributed by atoms with van der Waals surface area (Å²) in [4.78, 5) is 12.5. The maximum Gasteiger partial charge on any atom is 0.304 e. The summed E-state index contributed by atoms with van der Waals surface area (Å²) in [6.07, 6.45) is 0. The number of ketones is 1. The Balaban J connectivity index is 2.28. The molecule has 0 amide bonds. The van der Waals surface area contributed by atoms with Gasteiger partial charge in [-0.25, -0.2) is 0 Å². The topological polar surface area (TPSA) is 97.5 Å². The quantitative estimate of drug-likeness (QED) is 0.663. The second-order valence-corrected chi connectivity index (χ2v) is 6.60. The minimum atomic E-state index is -4.25. The lowest BCUT2D eigenvalue weighted by Crippen LogP contribution is -2.20. The molecule has 1 unspecified atom stereocenters. The van der Waals surface area contributed by atoms with Gasteiger partial charge in [0.25, 0.3) is 0 Å². The second-order valence-electron chi connectivity index (χ2n) is 3.84. The van der Waals surface area contributed by atoms with Crippen molar-refractivity contribution in [2.75, 3.05) is 0 Å². The number of thiophene rings is 1. The average Bonchev–Trinajstić information content (AvgIpc) is 2.87. The van der Waals surface area contributed by atoms with Gasteiger partial charge in [-0.2, -0.15) is 8.42 Å². The Morgan fingerprint density at radius 1 is 1.16 bits per heavy atom. The van der Waals surface area contributed by atoms with Crippen molar-refractivity contribution in [3.05, 3.63) is 52.9 Å². The molecule has 0 aliphatic carbocycles. The molecule has 5 nitrogen and oxygen atoms in total. The fraction of sp³-hybridized carbons (Fsp3) is 0.0833. The average molecular weight is 297 g/mol. The maximum atomic E-state index is 12.1. The van der Waals surface area contributed by atoms with E-state index in [4.69, 9.17) is 10.3 Å². The van der Waals surface area contributed by atoms with Gasteiger partial charge in [-0.05, 0) is 12.1 Å². The van der Waals surface area contributed by atoms with Crippen LogP contribution in [0.4, 0.5) is 0 Å². The standard InChI is InChI=1S/C12H11NO4S2/c13-11(12(14)8-4-2-1-3-5-8)9-6-7-10(18-9)19(15,16)17/h1-7,11H,13H2,(H,15,16,17). The first-order chi connectivity index (χ1) is 8.89. The Morgan fingerprint density at radius 2 is 1.79 bits per heavy atom. The van der Waals surface area contributed by atoms with E-state index in [1.165, 1.54) is 12.1 Å². The molecular weight excluding hydrogens is 286 g/mol. The summed E-state index contributed by atoms with van der Waals surface area (Å²) in [5.74, 6) is -0.302. The third kappa shape index (κ3) is 3.07. The van der Waals surface area contributed by atoms with Gasteiger partial charge in [0.1, 0.15) is 10.3 Å². The highest BCUT2D eigenvalue weighted by atomic mass is 32.3. The van der Waals surface area contributed by atoms with Crippen LogP contribution in [0.3, 0.4) is 0 Å². The van der Waals surface area contributed by atoms with Crippen LogP contribution in [-0.4, -0.2) is 18.8 Å². The van der Waals surface area contributed by atoms with Crippen molar-refractivity contribution in [3.8, 4) is 0 Å². The van der Waals surface area contributed by atoms with E-state index in [9.17, 15) is 13.2 Å². The van der Waals surface area contributed by atoms with Crippen molar-refractivity contribution in [2.24, 2.45) is 5.73 Å². The molecule has 2 rings (SSSR count). The fourth-order valence-electron chi connectivity index (χ4n) is 1.55. The van der Waals surface area contributed by atoms with Crippen molar-refractivity contribution in [1.82, 2.24) is 0 Å². The molecule has 0 radical (unpaired) electrons. The van der Waals surface area contributed by atoms with Crippen LogP contribution in [0.2, 0.25) is 0 Å². The van der Waals surface area contributed by atoms with Crippen LogP contribution >= 0.6 is 11.3 Å². The van der Waals surface area contributed by atoms with Crippen LogP contribution < -0.4 is 5.73 Å². The zero-order valence-electron chi connectivity index (χ0n) is 9.68. The van der Waals surface area contributed by atoms with Crippen molar-refractivity contribution in [3.63, 3.8) is 0 Å². The summed E-state index contributed by atoms with van der Waals surface area (Å²) in [7, 11) is -4.25. The SMILES string of the molecule is NC(C(=O)c1ccccc1)c1ccc(S(=O)(=O)O)s1. The molecule has 0 saturated heterocycles. The van der Waals surface area contributed by atoms with E-state index in [1.54, 1.807) is 30.3 Å². The minimum Gasteiger partial charge on any atom is -0.317 e. The number of carbonyl (C=O) groups is 1. The molecule has 1 aromatic heterocycles. The van der Waals surface area contributed by atoms with Crippen molar-refractivity contribution >= 4 is 27.2 Å². The number of Topliss-reactive ketones (excluding diaryl/α,β-unsaturated/α-hetero) is 1. The van der Waals surface area contributed by atoms with E-state index in [0.717, 1.165) is 11.3 Å². The second kappa shape index (κ2) is 5.22. The Labute approximate surface area is 114 Å².